The molecule has 53 heavy (non-hydrogen) atoms. The van der Waals surface area contributed by atoms with Crippen molar-refractivity contribution in [2.24, 2.45) is 0 Å². The first-order chi connectivity index (χ1) is 26.3. The molecule has 0 unspecified atom stereocenters. The molecule has 0 aliphatic heterocycles. The van der Waals surface area contributed by atoms with Gasteiger partial charge in [-0.1, -0.05) is 115 Å². The Bertz CT molecular complexity index is 3230. The summed E-state index contributed by atoms with van der Waals surface area (Å²) in [7, 11) is 0. The molecule has 6 heteroatoms. The molecule has 0 bridgehead atoms. The Labute approximate surface area is 307 Å². The Kier molecular flexibility index (Phi) is 6.42. The third-order valence-electron chi connectivity index (χ3n) is 10.3. The third kappa shape index (κ3) is 4.35. The lowest BCUT2D eigenvalue weighted by Crippen LogP contribution is -2.02. The van der Waals surface area contributed by atoms with Gasteiger partial charge in [0.1, 0.15) is 22.8 Å². The van der Waals surface area contributed by atoms with E-state index in [9.17, 15) is 5.26 Å². The van der Waals surface area contributed by atoms with Gasteiger partial charge in [0, 0.05) is 47.5 Å². The SMILES string of the molecule is N#Cc1c(-c2ccccc2)nc(-c2ccc(-n3c4ccccc4c4c5c(ccc43)sc3ccccc35)c3c2oc2ccccc23)nc1-c1ccccc1. The molecule has 11 aromatic rings. The van der Waals surface area contributed by atoms with Crippen LogP contribution >= 0.6 is 11.3 Å². The summed E-state index contributed by atoms with van der Waals surface area (Å²) in [5, 5.41) is 17.5. The van der Waals surface area contributed by atoms with Crippen molar-refractivity contribution in [1.29, 1.82) is 5.26 Å². The molecular formula is C47H26N4OS. The lowest BCUT2D eigenvalue weighted by atomic mass is 9.99. The number of nitrogens with zero attached hydrogens (tertiary/aromatic N) is 4. The van der Waals surface area contributed by atoms with Crippen LogP contribution in [0.15, 0.2) is 162 Å². The summed E-state index contributed by atoms with van der Waals surface area (Å²) in [6, 6.07) is 56.5. The molecule has 4 aromatic heterocycles. The highest BCUT2D eigenvalue weighted by atomic mass is 32.1. The summed E-state index contributed by atoms with van der Waals surface area (Å²) in [5.74, 6) is 0.492. The number of thiophene rings is 1. The predicted molar refractivity (Wildman–Crippen MR) is 218 cm³/mol. The van der Waals surface area contributed by atoms with Crippen LogP contribution in [-0.4, -0.2) is 14.5 Å². The molecule has 0 N–H and O–H groups in total. The fraction of sp³-hybridized carbons (Fsp3) is 0. The normalized spacial score (nSPS) is 11.8. The molecule has 4 heterocycles. The van der Waals surface area contributed by atoms with Crippen LogP contribution in [0.1, 0.15) is 5.56 Å². The van der Waals surface area contributed by atoms with Gasteiger partial charge < -0.3 is 8.98 Å². The van der Waals surface area contributed by atoms with Crippen molar-refractivity contribution < 1.29 is 4.42 Å². The maximum absolute atomic E-state index is 10.5. The van der Waals surface area contributed by atoms with Crippen LogP contribution in [-0.2, 0) is 0 Å². The number of aromatic nitrogens is 3. The monoisotopic (exact) mass is 694 g/mol. The Morgan fingerprint density at radius 2 is 1.17 bits per heavy atom. The molecule has 0 fully saturated rings. The molecule has 0 saturated heterocycles. The van der Waals surface area contributed by atoms with E-state index in [1.807, 2.05) is 84.1 Å². The van der Waals surface area contributed by atoms with Gasteiger partial charge in [-0.05, 0) is 42.5 Å². The maximum Gasteiger partial charge on any atom is 0.164 e. The van der Waals surface area contributed by atoms with Gasteiger partial charge in [-0.2, -0.15) is 5.26 Å². The second-order valence-electron chi connectivity index (χ2n) is 13.2. The predicted octanol–water partition coefficient (Wildman–Crippen LogP) is 12.7. The van der Waals surface area contributed by atoms with Gasteiger partial charge >= 0.3 is 0 Å². The summed E-state index contributed by atoms with van der Waals surface area (Å²) in [6.07, 6.45) is 0. The summed E-state index contributed by atoms with van der Waals surface area (Å²) in [5.41, 5.74) is 8.79. The van der Waals surface area contributed by atoms with Gasteiger partial charge in [0.25, 0.3) is 0 Å². The van der Waals surface area contributed by atoms with Gasteiger partial charge in [0.05, 0.1) is 39.1 Å². The van der Waals surface area contributed by atoms with E-state index in [-0.39, 0.29) is 0 Å². The maximum atomic E-state index is 10.5. The highest BCUT2D eigenvalue weighted by Crippen LogP contribution is 2.46. The number of para-hydroxylation sites is 2. The highest BCUT2D eigenvalue weighted by molar-refractivity contribution is 7.26. The molecule has 0 aliphatic rings. The van der Waals surface area contributed by atoms with E-state index in [1.54, 1.807) is 0 Å². The molecule has 5 nitrogen and oxygen atoms in total. The van der Waals surface area contributed by atoms with E-state index >= 15 is 0 Å². The zero-order valence-corrected chi connectivity index (χ0v) is 28.9. The van der Waals surface area contributed by atoms with Crippen LogP contribution in [0, 0.1) is 11.3 Å². The first-order valence-corrected chi connectivity index (χ1v) is 18.3. The van der Waals surface area contributed by atoms with Crippen molar-refractivity contribution in [2.75, 3.05) is 0 Å². The standard InChI is InChI=1S/C47H26N4OS/c48-27-34-44(28-13-3-1-4-14-28)49-47(50-45(34)29-15-5-2-6-16-29)33-23-24-37(42-31-18-8-11-21-38(31)52-46(33)42)51-35-20-10-7-17-30(35)41-36(51)25-26-40-43(41)32-19-9-12-22-39(32)53-40/h1-26H. The average molecular weight is 695 g/mol. The third-order valence-corrected chi connectivity index (χ3v) is 11.4. The van der Waals surface area contributed by atoms with Crippen LogP contribution in [0.3, 0.4) is 0 Å². The van der Waals surface area contributed by atoms with Crippen LogP contribution < -0.4 is 0 Å². The van der Waals surface area contributed by atoms with E-state index < -0.39 is 0 Å². The molecular weight excluding hydrogens is 669 g/mol. The summed E-state index contributed by atoms with van der Waals surface area (Å²) in [6.45, 7) is 0. The number of furan rings is 1. The van der Waals surface area contributed by atoms with Crippen molar-refractivity contribution in [3.05, 3.63) is 163 Å². The van der Waals surface area contributed by atoms with Crippen molar-refractivity contribution in [3.8, 4) is 45.7 Å². The molecule has 0 aliphatic carbocycles. The van der Waals surface area contributed by atoms with Gasteiger partial charge in [0.15, 0.2) is 5.82 Å². The quantitative estimate of drug-likeness (QED) is 0.184. The molecule has 7 aromatic carbocycles. The van der Waals surface area contributed by atoms with Crippen molar-refractivity contribution in [2.45, 2.75) is 0 Å². The van der Waals surface area contributed by atoms with Gasteiger partial charge in [-0.25, -0.2) is 9.97 Å². The Balaban J connectivity index is 1.25. The molecule has 0 saturated carbocycles. The topological polar surface area (TPSA) is 67.6 Å². The number of fused-ring (bicyclic) bond motifs is 10. The van der Waals surface area contributed by atoms with Crippen LogP contribution in [0.25, 0.3) is 104 Å². The van der Waals surface area contributed by atoms with Crippen molar-refractivity contribution >= 4 is 75.3 Å². The Morgan fingerprint density at radius 3 is 1.91 bits per heavy atom. The lowest BCUT2D eigenvalue weighted by molar-refractivity contribution is 0.669. The molecule has 11 rings (SSSR count). The summed E-state index contributed by atoms with van der Waals surface area (Å²) in [4.78, 5) is 10.3. The van der Waals surface area contributed by atoms with E-state index in [0.29, 0.717) is 28.4 Å². The van der Waals surface area contributed by atoms with Crippen molar-refractivity contribution in [1.82, 2.24) is 14.5 Å². The number of benzene rings is 7. The number of hydrogen-bond acceptors (Lipinski definition) is 5. The molecule has 0 spiro atoms. The Morgan fingerprint density at radius 1 is 0.528 bits per heavy atom. The number of hydrogen-bond donors (Lipinski definition) is 0. The van der Waals surface area contributed by atoms with Gasteiger partial charge in [-0.3, -0.25) is 0 Å². The first-order valence-electron chi connectivity index (χ1n) is 17.5. The zero-order chi connectivity index (χ0) is 35.0. The lowest BCUT2D eigenvalue weighted by Gasteiger charge is -2.14. The van der Waals surface area contributed by atoms with E-state index in [2.05, 4.69) is 95.6 Å². The minimum atomic E-state index is 0.432. The van der Waals surface area contributed by atoms with Crippen molar-refractivity contribution in [3.63, 3.8) is 0 Å². The van der Waals surface area contributed by atoms with Crippen LogP contribution in [0.5, 0.6) is 0 Å². The fourth-order valence-corrected chi connectivity index (χ4v) is 9.12. The first kappa shape index (κ1) is 29.6. The molecule has 0 atom stereocenters. The van der Waals surface area contributed by atoms with E-state index in [4.69, 9.17) is 14.4 Å². The zero-order valence-electron chi connectivity index (χ0n) is 28.1. The second-order valence-corrected chi connectivity index (χ2v) is 14.3. The second kappa shape index (κ2) is 11.5. The highest BCUT2D eigenvalue weighted by Gasteiger charge is 2.25. The molecule has 0 amide bonds. The largest absolute Gasteiger partial charge is 0.455 e. The molecule has 246 valence electrons. The van der Waals surface area contributed by atoms with Gasteiger partial charge in [0.2, 0.25) is 0 Å². The smallest absolute Gasteiger partial charge is 0.164 e. The summed E-state index contributed by atoms with van der Waals surface area (Å²) >= 11 is 1.84. The minimum Gasteiger partial charge on any atom is -0.455 e. The van der Waals surface area contributed by atoms with Gasteiger partial charge in [-0.15, -0.1) is 11.3 Å². The Hall–Kier alpha value is -7.07. The fourth-order valence-electron chi connectivity index (χ4n) is 8.00. The van der Waals surface area contributed by atoms with Crippen LogP contribution in [0.2, 0.25) is 0 Å². The average Bonchev–Trinajstić information content (AvgIpc) is 3.90. The number of rotatable bonds is 4. The summed E-state index contributed by atoms with van der Waals surface area (Å²) < 4.78 is 11.8. The van der Waals surface area contributed by atoms with Crippen LogP contribution in [0.4, 0.5) is 0 Å². The molecule has 0 radical (unpaired) electrons. The minimum absolute atomic E-state index is 0.432. The van der Waals surface area contributed by atoms with E-state index in [0.717, 1.165) is 49.8 Å². The number of nitriles is 1. The van der Waals surface area contributed by atoms with E-state index in [1.165, 1.54) is 30.9 Å².